The fraction of sp³-hybridized carbons (Fsp3) is 0.222. The van der Waals surface area contributed by atoms with Crippen LogP contribution in [0.15, 0.2) is 36.4 Å². The van der Waals surface area contributed by atoms with Crippen LogP contribution < -0.4 is 10.1 Å². The second-order valence-electron chi connectivity index (χ2n) is 5.72. The monoisotopic (exact) mass is 414 g/mol. The topological polar surface area (TPSA) is 58.6 Å². The zero-order valence-corrected chi connectivity index (χ0v) is 16.6. The minimum atomic E-state index is -0.822. The Labute approximate surface area is 166 Å². The van der Waals surface area contributed by atoms with E-state index in [0.717, 1.165) is 0 Å². The van der Waals surface area contributed by atoms with E-state index in [1.54, 1.807) is 45.3 Å². The first-order valence-electron chi connectivity index (χ1n) is 7.63. The molecule has 1 N–H and O–H groups in total. The Balaban J connectivity index is 2.11. The van der Waals surface area contributed by atoms with Crippen molar-refractivity contribution in [2.24, 2.45) is 0 Å². The highest BCUT2D eigenvalue weighted by molar-refractivity contribution is 6.35. The van der Waals surface area contributed by atoms with Crippen LogP contribution >= 0.6 is 34.8 Å². The predicted molar refractivity (Wildman–Crippen MR) is 105 cm³/mol. The van der Waals surface area contributed by atoms with E-state index in [0.29, 0.717) is 32.1 Å². The number of ether oxygens (including phenoxy) is 1. The molecule has 0 radical (unpaired) electrons. The van der Waals surface area contributed by atoms with E-state index in [-0.39, 0.29) is 5.91 Å². The molecule has 0 aliphatic heterocycles. The van der Waals surface area contributed by atoms with Crippen molar-refractivity contribution in [2.45, 2.75) is 13.0 Å². The molecular weight excluding hydrogens is 399 g/mol. The van der Waals surface area contributed by atoms with Crippen LogP contribution in [0.3, 0.4) is 0 Å². The van der Waals surface area contributed by atoms with Gasteiger partial charge in [-0.05, 0) is 43.3 Å². The van der Waals surface area contributed by atoms with Crippen molar-refractivity contribution >= 4 is 52.3 Å². The van der Waals surface area contributed by atoms with E-state index in [9.17, 15) is 9.59 Å². The number of benzene rings is 2. The minimum Gasteiger partial charge on any atom is -0.479 e. The lowest BCUT2D eigenvalue weighted by Crippen LogP contribution is -2.30. The molecule has 0 saturated heterocycles. The van der Waals surface area contributed by atoms with Crippen LogP contribution in [0.4, 0.5) is 5.69 Å². The first-order chi connectivity index (χ1) is 12.2. The highest BCUT2D eigenvalue weighted by atomic mass is 35.5. The van der Waals surface area contributed by atoms with Gasteiger partial charge in [0.05, 0.1) is 15.6 Å². The van der Waals surface area contributed by atoms with Crippen molar-refractivity contribution in [2.75, 3.05) is 19.4 Å². The number of carbonyl (C=O) groups excluding carboxylic acids is 2. The van der Waals surface area contributed by atoms with Gasteiger partial charge in [0.2, 0.25) is 0 Å². The molecule has 2 amide bonds. The Hall–Kier alpha value is -1.95. The van der Waals surface area contributed by atoms with Gasteiger partial charge < -0.3 is 15.0 Å². The van der Waals surface area contributed by atoms with E-state index >= 15 is 0 Å². The molecule has 1 atom stereocenters. The van der Waals surface area contributed by atoms with Gasteiger partial charge in [0, 0.05) is 24.8 Å². The maximum absolute atomic E-state index is 12.4. The second kappa shape index (κ2) is 8.62. The van der Waals surface area contributed by atoms with Crippen molar-refractivity contribution in [3.63, 3.8) is 0 Å². The lowest BCUT2D eigenvalue weighted by Gasteiger charge is -2.17. The van der Waals surface area contributed by atoms with Crippen molar-refractivity contribution < 1.29 is 14.3 Å². The summed E-state index contributed by atoms with van der Waals surface area (Å²) in [6, 6.07) is 9.41. The molecule has 138 valence electrons. The zero-order valence-electron chi connectivity index (χ0n) is 14.3. The number of hydrogen-bond donors (Lipinski definition) is 1. The molecular formula is C18H17Cl3N2O3. The Kier molecular flexibility index (Phi) is 6.75. The van der Waals surface area contributed by atoms with Gasteiger partial charge in [0.25, 0.3) is 11.8 Å². The molecule has 5 nitrogen and oxygen atoms in total. The molecule has 2 aromatic rings. The molecule has 0 spiro atoms. The number of nitrogens with zero attached hydrogens (tertiary/aromatic N) is 1. The average molecular weight is 416 g/mol. The summed E-state index contributed by atoms with van der Waals surface area (Å²) in [6.45, 7) is 1.59. The predicted octanol–water partition coefficient (Wildman–Crippen LogP) is 4.75. The maximum atomic E-state index is 12.4. The van der Waals surface area contributed by atoms with E-state index in [4.69, 9.17) is 39.5 Å². The third-order valence-electron chi connectivity index (χ3n) is 3.44. The van der Waals surface area contributed by atoms with E-state index in [1.165, 1.54) is 17.0 Å². The number of halogens is 3. The van der Waals surface area contributed by atoms with Gasteiger partial charge in [-0.3, -0.25) is 9.59 Å². The lowest BCUT2D eigenvalue weighted by atomic mass is 10.1. The average Bonchev–Trinajstić information content (AvgIpc) is 2.58. The van der Waals surface area contributed by atoms with Crippen molar-refractivity contribution in [1.82, 2.24) is 4.90 Å². The summed E-state index contributed by atoms with van der Waals surface area (Å²) in [5.41, 5.74) is 0.728. The zero-order chi connectivity index (χ0) is 19.4. The Bertz CT molecular complexity index is 840. The number of carbonyl (C=O) groups is 2. The van der Waals surface area contributed by atoms with Gasteiger partial charge in [-0.15, -0.1) is 0 Å². The van der Waals surface area contributed by atoms with Gasteiger partial charge in [-0.1, -0.05) is 34.8 Å². The first-order valence-corrected chi connectivity index (χ1v) is 8.76. The molecule has 0 aliphatic carbocycles. The standard InChI is InChI=1S/C18H17Cl3N2O3/c1-10(26-16-7-4-11(19)8-15(16)21)17(24)22-12-5-6-14(20)13(9-12)18(25)23(2)3/h4-10H,1-3H3,(H,22,24). The molecule has 1 unspecified atom stereocenters. The van der Waals surface area contributed by atoms with Crippen LogP contribution in [0, 0.1) is 0 Å². The third-order valence-corrected chi connectivity index (χ3v) is 4.30. The number of hydrogen-bond acceptors (Lipinski definition) is 3. The van der Waals surface area contributed by atoms with Crippen molar-refractivity contribution in [1.29, 1.82) is 0 Å². The van der Waals surface area contributed by atoms with Crippen molar-refractivity contribution in [3.8, 4) is 5.75 Å². The van der Waals surface area contributed by atoms with E-state index in [1.807, 2.05) is 0 Å². The molecule has 0 fully saturated rings. The normalized spacial score (nSPS) is 11.6. The van der Waals surface area contributed by atoms with Crippen molar-refractivity contribution in [3.05, 3.63) is 57.0 Å². The molecule has 0 aliphatic rings. The van der Waals surface area contributed by atoms with Gasteiger partial charge in [0.1, 0.15) is 5.75 Å². The summed E-state index contributed by atoms with van der Waals surface area (Å²) in [5.74, 6) is -0.316. The molecule has 26 heavy (non-hydrogen) atoms. The summed E-state index contributed by atoms with van der Waals surface area (Å²) >= 11 is 17.9. The second-order valence-corrected chi connectivity index (χ2v) is 6.97. The SMILES string of the molecule is CC(Oc1ccc(Cl)cc1Cl)C(=O)Nc1ccc(Cl)c(C(=O)N(C)C)c1. The summed E-state index contributed by atoms with van der Waals surface area (Å²) < 4.78 is 5.57. The molecule has 2 aromatic carbocycles. The third kappa shape index (κ3) is 5.04. The van der Waals surface area contributed by atoms with Gasteiger partial charge >= 0.3 is 0 Å². The van der Waals surface area contributed by atoms with Crippen LogP contribution in [0.2, 0.25) is 15.1 Å². The fourth-order valence-electron chi connectivity index (χ4n) is 2.07. The molecule has 0 bridgehead atoms. The number of anilines is 1. The van der Waals surface area contributed by atoms with E-state index < -0.39 is 12.0 Å². The smallest absolute Gasteiger partial charge is 0.265 e. The van der Waals surface area contributed by atoms with Crippen LogP contribution in [0.1, 0.15) is 17.3 Å². The Morgan fingerprint density at radius 1 is 1.04 bits per heavy atom. The highest BCUT2D eigenvalue weighted by Crippen LogP contribution is 2.28. The summed E-state index contributed by atoms with van der Waals surface area (Å²) in [5, 5.41) is 3.78. The maximum Gasteiger partial charge on any atom is 0.265 e. The highest BCUT2D eigenvalue weighted by Gasteiger charge is 2.18. The Morgan fingerprint density at radius 3 is 2.35 bits per heavy atom. The molecule has 0 heterocycles. The molecule has 2 rings (SSSR count). The summed E-state index contributed by atoms with van der Waals surface area (Å²) in [6.07, 6.45) is -0.822. The number of rotatable bonds is 5. The van der Waals surface area contributed by atoms with Crippen LogP contribution in [0.25, 0.3) is 0 Å². The summed E-state index contributed by atoms with van der Waals surface area (Å²) in [7, 11) is 3.24. The van der Waals surface area contributed by atoms with Crippen LogP contribution in [0.5, 0.6) is 5.75 Å². The fourth-order valence-corrected chi connectivity index (χ4v) is 2.72. The van der Waals surface area contributed by atoms with Gasteiger partial charge in [-0.25, -0.2) is 0 Å². The minimum absolute atomic E-state index is 0.261. The van der Waals surface area contributed by atoms with Gasteiger partial charge in [-0.2, -0.15) is 0 Å². The largest absolute Gasteiger partial charge is 0.479 e. The lowest BCUT2D eigenvalue weighted by molar-refractivity contribution is -0.122. The number of amides is 2. The first kappa shape index (κ1) is 20.4. The quantitative estimate of drug-likeness (QED) is 0.766. The van der Waals surface area contributed by atoms with Crippen LogP contribution in [-0.2, 0) is 4.79 Å². The summed E-state index contributed by atoms with van der Waals surface area (Å²) in [4.78, 5) is 25.9. The van der Waals surface area contributed by atoms with Gasteiger partial charge in [0.15, 0.2) is 6.10 Å². The molecule has 0 aromatic heterocycles. The van der Waals surface area contributed by atoms with Crippen LogP contribution in [-0.4, -0.2) is 36.9 Å². The number of nitrogens with one attached hydrogen (secondary N) is 1. The molecule has 0 saturated carbocycles. The molecule has 8 heteroatoms. The Morgan fingerprint density at radius 2 is 1.73 bits per heavy atom. The van der Waals surface area contributed by atoms with E-state index in [2.05, 4.69) is 5.32 Å².